The maximum atomic E-state index is 11.9. The molecule has 0 heterocycles. The maximum Gasteiger partial charge on any atom is 0.354 e. The van der Waals surface area contributed by atoms with Gasteiger partial charge < -0.3 is 10.5 Å². The Morgan fingerprint density at radius 2 is 1.40 bits per heavy atom. The molecule has 0 aliphatic heterocycles. The van der Waals surface area contributed by atoms with Crippen LogP contribution in [0.2, 0.25) is 0 Å². The summed E-state index contributed by atoms with van der Waals surface area (Å²) in [6, 6.07) is 19.2. The van der Waals surface area contributed by atoms with E-state index in [4.69, 9.17) is 10.5 Å². The van der Waals surface area contributed by atoms with Crippen molar-refractivity contribution in [1.82, 2.24) is 0 Å². The molecule has 0 saturated carbocycles. The van der Waals surface area contributed by atoms with Crippen molar-refractivity contribution in [2.75, 3.05) is 6.61 Å². The van der Waals surface area contributed by atoms with Gasteiger partial charge in [0.15, 0.2) is 0 Å². The monoisotopic (exact) mass is 267 g/mol. The number of carbonyl (C=O) groups excluding carboxylic acids is 1. The molecule has 0 saturated heterocycles. The highest BCUT2D eigenvalue weighted by Crippen LogP contribution is 2.25. The highest BCUT2D eigenvalue weighted by atomic mass is 16.5. The molecule has 0 radical (unpaired) electrons. The number of ether oxygens (including phenoxy) is 1. The molecule has 0 aliphatic carbocycles. The molecule has 0 aliphatic rings. The van der Waals surface area contributed by atoms with Gasteiger partial charge in [-0.2, -0.15) is 0 Å². The summed E-state index contributed by atoms with van der Waals surface area (Å²) < 4.78 is 5.01. The summed E-state index contributed by atoms with van der Waals surface area (Å²) in [6.07, 6.45) is 0. The zero-order valence-electron chi connectivity index (χ0n) is 11.4. The number of hydrogen-bond donors (Lipinski definition) is 1. The molecule has 3 heteroatoms. The van der Waals surface area contributed by atoms with Crippen LogP contribution in [0.4, 0.5) is 0 Å². The molecule has 2 aromatic carbocycles. The predicted octanol–water partition coefficient (Wildman–Crippen LogP) is 2.97. The number of benzene rings is 2. The largest absolute Gasteiger partial charge is 0.461 e. The molecule has 0 unspecified atom stereocenters. The number of rotatable bonds is 4. The molecule has 102 valence electrons. The van der Waals surface area contributed by atoms with Crippen molar-refractivity contribution in [2.24, 2.45) is 5.73 Å². The minimum Gasteiger partial charge on any atom is -0.461 e. The van der Waals surface area contributed by atoms with Gasteiger partial charge in [-0.05, 0) is 18.1 Å². The van der Waals surface area contributed by atoms with E-state index in [1.165, 1.54) is 0 Å². The van der Waals surface area contributed by atoms with Crippen LogP contribution in [0.3, 0.4) is 0 Å². The van der Waals surface area contributed by atoms with Crippen LogP contribution >= 0.6 is 0 Å². The molecule has 2 aromatic rings. The normalized spacial score (nSPS) is 9.85. The minimum absolute atomic E-state index is 0.129. The smallest absolute Gasteiger partial charge is 0.354 e. The first-order valence-electron chi connectivity index (χ1n) is 6.51. The molecular formula is C17H17NO2. The van der Waals surface area contributed by atoms with Gasteiger partial charge in [-0.25, -0.2) is 4.79 Å². The maximum absolute atomic E-state index is 11.9. The van der Waals surface area contributed by atoms with E-state index in [1.54, 1.807) is 6.92 Å². The van der Waals surface area contributed by atoms with Gasteiger partial charge in [-0.3, -0.25) is 0 Å². The van der Waals surface area contributed by atoms with E-state index in [9.17, 15) is 4.79 Å². The van der Waals surface area contributed by atoms with Gasteiger partial charge in [-0.15, -0.1) is 0 Å². The van der Waals surface area contributed by atoms with Crippen LogP contribution in [-0.4, -0.2) is 12.6 Å². The summed E-state index contributed by atoms with van der Waals surface area (Å²) in [7, 11) is 0. The van der Waals surface area contributed by atoms with Crippen LogP contribution in [-0.2, 0) is 9.53 Å². The number of esters is 1. The van der Waals surface area contributed by atoms with Crippen LogP contribution in [0.25, 0.3) is 5.57 Å². The molecule has 0 aromatic heterocycles. The van der Waals surface area contributed by atoms with Crippen LogP contribution in [0.1, 0.15) is 18.1 Å². The van der Waals surface area contributed by atoms with E-state index in [0.29, 0.717) is 12.2 Å². The van der Waals surface area contributed by atoms with Crippen LogP contribution in [0.15, 0.2) is 66.4 Å². The first-order chi connectivity index (χ1) is 9.74. The summed E-state index contributed by atoms with van der Waals surface area (Å²) in [4.78, 5) is 11.9. The number of carbonyl (C=O) groups is 1. The van der Waals surface area contributed by atoms with E-state index >= 15 is 0 Å². The Labute approximate surface area is 118 Å². The third-order valence-corrected chi connectivity index (χ3v) is 2.89. The topological polar surface area (TPSA) is 52.3 Å². The second kappa shape index (κ2) is 6.57. The standard InChI is InChI=1S/C17H17NO2/c1-2-20-17(19)16(18)15(13-9-5-3-6-10-13)14-11-7-4-8-12-14/h3-12H,2,18H2,1H3. The molecule has 0 spiro atoms. The van der Waals surface area contributed by atoms with E-state index in [2.05, 4.69) is 0 Å². The molecule has 2 N–H and O–H groups in total. The summed E-state index contributed by atoms with van der Waals surface area (Å²) in [5, 5.41) is 0. The van der Waals surface area contributed by atoms with Gasteiger partial charge in [0, 0.05) is 5.57 Å². The second-order valence-corrected chi connectivity index (χ2v) is 4.24. The average molecular weight is 267 g/mol. The van der Waals surface area contributed by atoms with Crippen molar-refractivity contribution in [3.05, 3.63) is 77.5 Å². The zero-order valence-corrected chi connectivity index (χ0v) is 11.4. The quantitative estimate of drug-likeness (QED) is 0.684. The fourth-order valence-corrected chi connectivity index (χ4v) is 2.00. The van der Waals surface area contributed by atoms with Crippen molar-refractivity contribution in [1.29, 1.82) is 0 Å². The van der Waals surface area contributed by atoms with Gasteiger partial charge in [0.1, 0.15) is 5.70 Å². The highest BCUT2D eigenvalue weighted by Gasteiger charge is 2.16. The third kappa shape index (κ3) is 3.06. The Hall–Kier alpha value is -2.55. The van der Waals surface area contributed by atoms with Crippen molar-refractivity contribution < 1.29 is 9.53 Å². The molecule has 2 rings (SSSR count). The van der Waals surface area contributed by atoms with Crippen LogP contribution < -0.4 is 5.73 Å². The van der Waals surface area contributed by atoms with Crippen molar-refractivity contribution in [3.63, 3.8) is 0 Å². The summed E-state index contributed by atoms with van der Waals surface area (Å²) >= 11 is 0. The molecule has 0 fully saturated rings. The van der Waals surface area contributed by atoms with Crippen LogP contribution in [0, 0.1) is 0 Å². The Kier molecular flexibility index (Phi) is 4.56. The molecule has 0 amide bonds. The van der Waals surface area contributed by atoms with Crippen molar-refractivity contribution >= 4 is 11.5 Å². The Morgan fingerprint density at radius 1 is 0.950 bits per heavy atom. The van der Waals surface area contributed by atoms with Gasteiger partial charge >= 0.3 is 5.97 Å². The van der Waals surface area contributed by atoms with Gasteiger partial charge in [0.2, 0.25) is 0 Å². The lowest BCUT2D eigenvalue weighted by atomic mass is 9.96. The lowest BCUT2D eigenvalue weighted by Crippen LogP contribution is -2.17. The van der Waals surface area contributed by atoms with Gasteiger partial charge in [-0.1, -0.05) is 60.7 Å². The first-order valence-corrected chi connectivity index (χ1v) is 6.51. The minimum atomic E-state index is -0.491. The Morgan fingerprint density at radius 3 is 1.80 bits per heavy atom. The van der Waals surface area contributed by atoms with Crippen molar-refractivity contribution in [3.8, 4) is 0 Å². The Balaban J connectivity index is 2.56. The number of hydrogen-bond acceptors (Lipinski definition) is 3. The summed E-state index contributed by atoms with van der Waals surface area (Å²) in [5.41, 5.74) is 8.63. The zero-order chi connectivity index (χ0) is 14.4. The fourth-order valence-electron chi connectivity index (χ4n) is 2.00. The van der Waals surface area contributed by atoms with E-state index < -0.39 is 5.97 Å². The predicted molar refractivity (Wildman–Crippen MR) is 79.7 cm³/mol. The summed E-state index contributed by atoms with van der Waals surface area (Å²) in [6.45, 7) is 2.06. The molecular weight excluding hydrogens is 250 g/mol. The fraction of sp³-hybridized carbons (Fsp3) is 0.118. The first kappa shape index (κ1) is 13.9. The Bertz CT molecular complexity index is 562. The SMILES string of the molecule is CCOC(=O)C(N)=C(c1ccccc1)c1ccccc1. The van der Waals surface area contributed by atoms with Crippen molar-refractivity contribution in [2.45, 2.75) is 6.92 Å². The van der Waals surface area contributed by atoms with Crippen LogP contribution in [0.5, 0.6) is 0 Å². The van der Waals surface area contributed by atoms with E-state index in [0.717, 1.165) is 11.1 Å². The van der Waals surface area contributed by atoms with E-state index in [1.807, 2.05) is 60.7 Å². The molecule has 0 bridgehead atoms. The highest BCUT2D eigenvalue weighted by molar-refractivity contribution is 6.00. The molecule has 3 nitrogen and oxygen atoms in total. The molecule has 20 heavy (non-hydrogen) atoms. The molecule has 0 atom stereocenters. The average Bonchev–Trinajstić information content (AvgIpc) is 2.50. The second-order valence-electron chi connectivity index (χ2n) is 4.24. The lowest BCUT2D eigenvalue weighted by Gasteiger charge is -2.12. The third-order valence-electron chi connectivity index (χ3n) is 2.89. The lowest BCUT2D eigenvalue weighted by molar-refractivity contribution is -0.138. The van der Waals surface area contributed by atoms with Gasteiger partial charge in [0.05, 0.1) is 6.61 Å². The van der Waals surface area contributed by atoms with E-state index in [-0.39, 0.29) is 5.70 Å². The number of nitrogens with two attached hydrogens (primary N) is 1. The van der Waals surface area contributed by atoms with Gasteiger partial charge in [0.25, 0.3) is 0 Å². The summed E-state index contributed by atoms with van der Waals surface area (Å²) in [5.74, 6) is -0.491.